The number of hydrogen-bond acceptors (Lipinski definition) is 4. The van der Waals surface area contributed by atoms with Crippen molar-refractivity contribution >= 4 is 29.9 Å². The molecule has 1 saturated heterocycles. The second kappa shape index (κ2) is 15.9. The van der Waals surface area contributed by atoms with Gasteiger partial charge in [-0.05, 0) is 32.4 Å². The molecule has 1 fully saturated rings. The quantitative estimate of drug-likeness (QED) is 0.268. The molecule has 1 atom stereocenters. The van der Waals surface area contributed by atoms with Gasteiger partial charge in [-0.15, -0.1) is 24.0 Å². The zero-order chi connectivity index (χ0) is 18.5. The number of nitrogens with zero attached hydrogens (tertiary/aromatic N) is 3. The van der Waals surface area contributed by atoms with Gasteiger partial charge in [-0.3, -0.25) is 9.89 Å². The highest BCUT2D eigenvalue weighted by molar-refractivity contribution is 14.0. The van der Waals surface area contributed by atoms with E-state index in [-0.39, 0.29) is 30.1 Å². The number of hydrogen-bond donors (Lipinski definition) is 2. The van der Waals surface area contributed by atoms with E-state index in [1.165, 1.54) is 6.42 Å². The Balaban J connectivity index is 0.00000625. The van der Waals surface area contributed by atoms with Crippen LogP contribution in [-0.2, 0) is 4.74 Å². The summed E-state index contributed by atoms with van der Waals surface area (Å²) in [6.07, 6.45) is 1.41. The summed E-state index contributed by atoms with van der Waals surface area (Å²) in [6, 6.07) is 0. The van der Waals surface area contributed by atoms with Crippen LogP contribution in [0.25, 0.3) is 0 Å². The lowest BCUT2D eigenvalue weighted by molar-refractivity contribution is -0.0261. The first-order valence-corrected chi connectivity index (χ1v) is 10.2. The molecule has 1 unspecified atom stereocenters. The second-order valence-corrected chi connectivity index (χ2v) is 7.23. The minimum atomic E-state index is 0. The highest BCUT2D eigenvalue weighted by atomic mass is 127. The van der Waals surface area contributed by atoms with Gasteiger partial charge in [0.25, 0.3) is 0 Å². The molecular weight excluding hydrogens is 441 g/mol. The van der Waals surface area contributed by atoms with E-state index in [9.17, 15) is 0 Å². The highest BCUT2D eigenvalue weighted by Crippen LogP contribution is 2.08. The Labute approximate surface area is 178 Å². The average Bonchev–Trinajstić information content (AvgIpc) is 2.58. The van der Waals surface area contributed by atoms with Crippen LogP contribution < -0.4 is 10.6 Å². The summed E-state index contributed by atoms with van der Waals surface area (Å²) in [5, 5.41) is 6.80. The van der Waals surface area contributed by atoms with Gasteiger partial charge in [-0.25, -0.2) is 0 Å². The molecule has 0 aromatic rings. The number of rotatable bonds is 11. The Kier molecular flexibility index (Phi) is 15.8. The third kappa shape index (κ3) is 11.6. The zero-order valence-corrected chi connectivity index (χ0v) is 19.9. The van der Waals surface area contributed by atoms with Crippen LogP contribution in [0.4, 0.5) is 0 Å². The molecule has 1 aliphatic rings. The van der Waals surface area contributed by atoms with Crippen LogP contribution in [0, 0.1) is 5.92 Å². The van der Waals surface area contributed by atoms with Gasteiger partial charge in [-0.1, -0.05) is 27.7 Å². The van der Waals surface area contributed by atoms with Crippen LogP contribution in [0.2, 0.25) is 0 Å². The molecule has 0 amide bonds. The normalized spacial score (nSPS) is 18.9. The molecule has 2 N–H and O–H groups in total. The smallest absolute Gasteiger partial charge is 0.191 e. The van der Waals surface area contributed by atoms with E-state index in [2.05, 4.69) is 55.1 Å². The van der Waals surface area contributed by atoms with Crippen molar-refractivity contribution in [3.05, 3.63) is 0 Å². The van der Waals surface area contributed by atoms with Gasteiger partial charge in [0, 0.05) is 39.3 Å². The Morgan fingerprint density at radius 1 is 1.23 bits per heavy atom. The highest BCUT2D eigenvalue weighted by Gasteiger charge is 2.20. The lowest BCUT2D eigenvalue weighted by atomic mass is 10.2. The monoisotopic (exact) mass is 483 g/mol. The minimum absolute atomic E-state index is 0. The number of nitrogens with one attached hydrogen (secondary N) is 2. The van der Waals surface area contributed by atoms with Crippen LogP contribution in [0.1, 0.15) is 41.0 Å². The molecule has 1 rings (SSSR count). The number of aliphatic imine (C=N–C) groups is 1. The van der Waals surface area contributed by atoms with Crippen LogP contribution in [0.5, 0.6) is 0 Å². The van der Waals surface area contributed by atoms with E-state index >= 15 is 0 Å². The lowest BCUT2D eigenvalue weighted by Gasteiger charge is -2.33. The molecule has 6 nitrogen and oxygen atoms in total. The average molecular weight is 483 g/mol. The Morgan fingerprint density at radius 2 is 2.00 bits per heavy atom. The molecular formula is C19H42IN5O. The van der Waals surface area contributed by atoms with Crippen molar-refractivity contribution < 1.29 is 4.74 Å². The first-order valence-electron chi connectivity index (χ1n) is 10.2. The maximum Gasteiger partial charge on any atom is 0.191 e. The zero-order valence-electron chi connectivity index (χ0n) is 17.6. The van der Waals surface area contributed by atoms with E-state index in [1.54, 1.807) is 0 Å². The molecule has 156 valence electrons. The Hall–Kier alpha value is -0.120. The summed E-state index contributed by atoms with van der Waals surface area (Å²) in [7, 11) is 0. The van der Waals surface area contributed by atoms with Crippen molar-refractivity contribution in [1.82, 2.24) is 20.4 Å². The maximum atomic E-state index is 5.90. The third-order valence-corrected chi connectivity index (χ3v) is 4.35. The Bertz CT molecular complexity index is 368. The van der Waals surface area contributed by atoms with Crippen molar-refractivity contribution in [3.8, 4) is 0 Å². The summed E-state index contributed by atoms with van der Waals surface area (Å²) in [5.41, 5.74) is 0. The lowest BCUT2D eigenvalue weighted by Crippen LogP contribution is -2.46. The molecule has 1 aliphatic heterocycles. The summed E-state index contributed by atoms with van der Waals surface area (Å²) in [6.45, 7) is 20.9. The number of halogens is 1. The van der Waals surface area contributed by atoms with Gasteiger partial charge in [0.15, 0.2) is 5.96 Å². The van der Waals surface area contributed by atoms with Crippen molar-refractivity contribution in [1.29, 1.82) is 0 Å². The van der Waals surface area contributed by atoms with E-state index < -0.39 is 0 Å². The van der Waals surface area contributed by atoms with Gasteiger partial charge in [0.2, 0.25) is 0 Å². The largest absolute Gasteiger partial charge is 0.374 e. The first kappa shape index (κ1) is 25.9. The summed E-state index contributed by atoms with van der Waals surface area (Å²) in [4.78, 5) is 9.71. The van der Waals surface area contributed by atoms with Crippen molar-refractivity contribution in [3.63, 3.8) is 0 Å². The van der Waals surface area contributed by atoms with E-state index in [0.29, 0.717) is 5.92 Å². The van der Waals surface area contributed by atoms with Crippen LogP contribution in [0.15, 0.2) is 4.99 Å². The third-order valence-electron chi connectivity index (χ3n) is 4.35. The Morgan fingerprint density at radius 3 is 2.62 bits per heavy atom. The van der Waals surface area contributed by atoms with E-state index in [0.717, 1.165) is 71.5 Å². The van der Waals surface area contributed by atoms with Crippen molar-refractivity contribution in [2.24, 2.45) is 10.9 Å². The number of morpholine rings is 1. The molecule has 0 aliphatic carbocycles. The van der Waals surface area contributed by atoms with Crippen molar-refractivity contribution in [2.75, 3.05) is 65.5 Å². The van der Waals surface area contributed by atoms with Gasteiger partial charge in [0.05, 0.1) is 19.3 Å². The van der Waals surface area contributed by atoms with Crippen LogP contribution in [-0.4, -0.2) is 87.4 Å². The SMILES string of the molecule is CCCN(CC)CCNC(=NCC1CN(CC(C)C)CCO1)NCC.I. The molecule has 0 bridgehead atoms. The predicted molar refractivity (Wildman–Crippen MR) is 123 cm³/mol. The maximum absolute atomic E-state index is 5.90. The van der Waals surface area contributed by atoms with Crippen LogP contribution >= 0.6 is 24.0 Å². The van der Waals surface area contributed by atoms with E-state index in [4.69, 9.17) is 9.73 Å². The van der Waals surface area contributed by atoms with Gasteiger partial charge in [-0.2, -0.15) is 0 Å². The molecule has 1 heterocycles. The second-order valence-electron chi connectivity index (χ2n) is 7.23. The molecule has 0 radical (unpaired) electrons. The summed E-state index contributed by atoms with van der Waals surface area (Å²) >= 11 is 0. The number of likely N-dealkylation sites (N-methyl/N-ethyl adjacent to an activating group) is 1. The van der Waals surface area contributed by atoms with Crippen LogP contribution in [0.3, 0.4) is 0 Å². The molecule has 26 heavy (non-hydrogen) atoms. The summed E-state index contributed by atoms with van der Waals surface area (Å²) in [5.74, 6) is 1.60. The fourth-order valence-electron chi connectivity index (χ4n) is 3.18. The fourth-order valence-corrected chi connectivity index (χ4v) is 3.18. The topological polar surface area (TPSA) is 52.1 Å². The number of ether oxygens (including phenoxy) is 1. The standard InChI is InChI=1S/C19H41N5O.HI/c1-6-10-23(8-3)11-9-21-19(20-7-2)22-14-18-16-24(12-13-25-18)15-17(4)5;/h17-18H,6-16H2,1-5H3,(H2,20,21,22);1H. The van der Waals surface area contributed by atoms with Gasteiger partial charge >= 0.3 is 0 Å². The number of guanidine groups is 1. The molecule has 0 aromatic carbocycles. The molecule has 7 heteroatoms. The van der Waals surface area contributed by atoms with E-state index in [1.807, 2.05) is 0 Å². The molecule has 0 saturated carbocycles. The fraction of sp³-hybridized carbons (Fsp3) is 0.947. The van der Waals surface area contributed by atoms with Crippen molar-refractivity contribution in [2.45, 2.75) is 47.1 Å². The first-order chi connectivity index (χ1) is 12.1. The molecule has 0 aromatic heterocycles. The molecule has 0 spiro atoms. The summed E-state index contributed by atoms with van der Waals surface area (Å²) < 4.78 is 5.90. The minimum Gasteiger partial charge on any atom is -0.374 e. The van der Waals surface area contributed by atoms with Gasteiger partial charge < -0.3 is 20.3 Å². The van der Waals surface area contributed by atoms with Gasteiger partial charge in [0.1, 0.15) is 0 Å². The predicted octanol–water partition coefficient (Wildman–Crippen LogP) is 2.25.